The number of fused-ring (bicyclic) bond motifs is 1. The second kappa shape index (κ2) is 4.81. The van der Waals surface area contributed by atoms with E-state index in [2.05, 4.69) is 0 Å². The van der Waals surface area contributed by atoms with Gasteiger partial charge >= 0.3 is 5.63 Å². The van der Waals surface area contributed by atoms with E-state index in [1.807, 2.05) is 5.32 Å². The average Bonchev–Trinajstić information content (AvgIpc) is 2.38. The number of aliphatic carboxylic acids is 1. The number of hydrogen-bond acceptors (Lipinski definition) is 6. The molecule has 0 aliphatic heterocycles. The molecule has 0 bridgehead atoms. The van der Waals surface area contributed by atoms with Crippen molar-refractivity contribution in [3.63, 3.8) is 0 Å². The molecule has 0 fully saturated rings. The van der Waals surface area contributed by atoms with Gasteiger partial charge in [-0.1, -0.05) is 12.1 Å². The number of ether oxygens (including phenoxy) is 1. The first-order valence-corrected chi connectivity index (χ1v) is 5.16. The number of para-hydroxylation sites is 1. The summed E-state index contributed by atoms with van der Waals surface area (Å²) in [6.07, 6.45) is 0. The molecule has 0 aliphatic rings. The topological polar surface area (TPSA) is 109 Å². The molecule has 0 saturated carbocycles. The van der Waals surface area contributed by atoms with Gasteiger partial charge in [0, 0.05) is 5.39 Å². The van der Waals surface area contributed by atoms with Crippen LogP contribution in [-0.2, 0) is 9.59 Å². The number of methoxy groups -OCH3 is 1. The lowest BCUT2D eigenvalue weighted by atomic mass is 10.2. The Labute approximate surface area is 106 Å². The third-order valence-electron chi connectivity index (χ3n) is 2.38. The zero-order valence-electron chi connectivity index (χ0n) is 9.76. The standard InChI is InChI=1S/C12H9NO6/c1-18-8-4-2-3-6-5-7(12(17)19-9(6)8)13-10(14)11(15)16/h2-5H,1H3,(H,13,14)(H,15,16)/p-1. The highest BCUT2D eigenvalue weighted by Crippen LogP contribution is 2.25. The normalized spacial score (nSPS) is 10.2. The Morgan fingerprint density at radius 1 is 1.37 bits per heavy atom. The van der Waals surface area contributed by atoms with E-state index < -0.39 is 17.5 Å². The van der Waals surface area contributed by atoms with Gasteiger partial charge in [-0.15, -0.1) is 0 Å². The van der Waals surface area contributed by atoms with Crippen LogP contribution in [0.4, 0.5) is 5.69 Å². The van der Waals surface area contributed by atoms with Crippen molar-refractivity contribution in [3.8, 4) is 5.75 Å². The fourth-order valence-electron chi connectivity index (χ4n) is 1.54. The van der Waals surface area contributed by atoms with Gasteiger partial charge in [-0.2, -0.15) is 0 Å². The first-order valence-electron chi connectivity index (χ1n) is 5.16. The minimum atomic E-state index is -1.94. The van der Waals surface area contributed by atoms with E-state index >= 15 is 0 Å². The van der Waals surface area contributed by atoms with Crippen LogP contribution in [0, 0.1) is 0 Å². The van der Waals surface area contributed by atoms with E-state index in [1.54, 1.807) is 18.2 Å². The third-order valence-corrected chi connectivity index (χ3v) is 2.38. The first-order chi connectivity index (χ1) is 9.02. The van der Waals surface area contributed by atoms with Crippen LogP contribution in [0.25, 0.3) is 11.0 Å². The second-order valence-corrected chi connectivity index (χ2v) is 3.57. The van der Waals surface area contributed by atoms with Gasteiger partial charge in [-0.05, 0) is 12.1 Å². The molecule has 0 radical (unpaired) electrons. The summed E-state index contributed by atoms with van der Waals surface area (Å²) in [5.41, 5.74) is -0.956. The van der Waals surface area contributed by atoms with Crippen LogP contribution >= 0.6 is 0 Å². The van der Waals surface area contributed by atoms with E-state index in [0.717, 1.165) is 0 Å². The fraction of sp³-hybridized carbons (Fsp3) is 0.0833. The lowest BCUT2D eigenvalue weighted by Gasteiger charge is -2.07. The number of carboxylic acids is 1. The van der Waals surface area contributed by atoms with E-state index in [9.17, 15) is 19.5 Å². The molecular formula is C12H8NO6-. The van der Waals surface area contributed by atoms with Crippen LogP contribution in [0.15, 0.2) is 33.5 Å². The molecule has 7 nitrogen and oxygen atoms in total. The monoisotopic (exact) mass is 262 g/mol. The van der Waals surface area contributed by atoms with Crippen molar-refractivity contribution in [3.05, 3.63) is 34.7 Å². The Hall–Kier alpha value is -2.83. The maximum atomic E-state index is 11.6. The maximum Gasteiger partial charge on any atom is 0.360 e. The van der Waals surface area contributed by atoms with Crippen LogP contribution in [0.3, 0.4) is 0 Å². The molecule has 0 aliphatic carbocycles. The number of amides is 1. The molecule has 1 heterocycles. The van der Waals surface area contributed by atoms with E-state index in [-0.39, 0.29) is 11.3 Å². The molecule has 2 rings (SSSR count). The number of hydrogen-bond donors (Lipinski definition) is 1. The number of carbonyl (C=O) groups is 2. The molecule has 1 aromatic heterocycles. The van der Waals surface area contributed by atoms with Gasteiger partial charge in [0.1, 0.15) is 11.7 Å². The SMILES string of the molecule is COc1cccc2cc(NC(=O)C(=O)[O-])c(=O)oc12. The number of nitrogens with one attached hydrogen (secondary N) is 1. The Morgan fingerprint density at radius 3 is 2.74 bits per heavy atom. The summed E-state index contributed by atoms with van der Waals surface area (Å²) in [7, 11) is 1.42. The van der Waals surface area contributed by atoms with Gasteiger partial charge in [0.15, 0.2) is 11.3 Å². The summed E-state index contributed by atoms with van der Waals surface area (Å²) in [4.78, 5) is 32.9. The molecular weight excluding hydrogens is 254 g/mol. The molecule has 7 heteroatoms. The highest BCUT2D eigenvalue weighted by molar-refractivity contribution is 6.35. The summed E-state index contributed by atoms with van der Waals surface area (Å²) in [5.74, 6) is -3.01. The quantitative estimate of drug-likeness (QED) is 0.576. The van der Waals surface area contributed by atoms with Crippen molar-refractivity contribution < 1.29 is 23.8 Å². The second-order valence-electron chi connectivity index (χ2n) is 3.57. The summed E-state index contributed by atoms with van der Waals surface area (Å²) < 4.78 is 10.0. The average molecular weight is 262 g/mol. The van der Waals surface area contributed by atoms with Gasteiger partial charge in [0.05, 0.1) is 7.11 Å². The fourth-order valence-corrected chi connectivity index (χ4v) is 1.54. The number of benzene rings is 1. The Kier molecular flexibility index (Phi) is 3.19. The van der Waals surface area contributed by atoms with Gasteiger partial charge in [0.2, 0.25) is 0 Å². The third kappa shape index (κ3) is 2.39. The molecule has 1 amide bonds. The molecule has 1 N–H and O–H groups in total. The predicted molar refractivity (Wildman–Crippen MR) is 62.7 cm³/mol. The highest BCUT2D eigenvalue weighted by atomic mass is 16.5. The van der Waals surface area contributed by atoms with Gasteiger partial charge in [-0.25, -0.2) is 4.79 Å². The van der Waals surface area contributed by atoms with Crippen molar-refractivity contribution >= 4 is 28.5 Å². The lowest BCUT2D eigenvalue weighted by Crippen LogP contribution is -2.37. The molecule has 0 atom stereocenters. The number of carbonyl (C=O) groups excluding carboxylic acids is 2. The largest absolute Gasteiger partial charge is 0.540 e. The maximum absolute atomic E-state index is 11.6. The molecule has 0 unspecified atom stereocenters. The minimum Gasteiger partial charge on any atom is -0.540 e. The summed E-state index contributed by atoms with van der Waals surface area (Å²) in [5, 5.41) is 12.7. The van der Waals surface area contributed by atoms with Crippen molar-refractivity contribution in [2.24, 2.45) is 0 Å². The van der Waals surface area contributed by atoms with Gasteiger partial charge in [0.25, 0.3) is 5.91 Å². The van der Waals surface area contributed by atoms with Gasteiger partial charge in [-0.3, -0.25) is 4.79 Å². The highest BCUT2D eigenvalue weighted by Gasteiger charge is 2.11. The van der Waals surface area contributed by atoms with Crippen LogP contribution in [0.2, 0.25) is 0 Å². The first kappa shape index (κ1) is 12.6. The molecule has 1 aromatic carbocycles. The van der Waals surface area contributed by atoms with E-state index in [4.69, 9.17) is 9.15 Å². The predicted octanol–water partition coefficient (Wildman–Crippen LogP) is -0.510. The zero-order chi connectivity index (χ0) is 14.0. The van der Waals surface area contributed by atoms with Crippen LogP contribution in [0.5, 0.6) is 5.75 Å². The van der Waals surface area contributed by atoms with Crippen LogP contribution < -0.4 is 20.8 Å². The smallest absolute Gasteiger partial charge is 0.360 e. The van der Waals surface area contributed by atoms with E-state index in [0.29, 0.717) is 11.1 Å². The number of anilines is 1. The Bertz CT molecular complexity index is 718. The molecule has 2 aromatic rings. The number of rotatable bonds is 2. The molecule has 0 spiro atoms. The molecule has 98 valence electrons. The molecule has 19 heavy (non-hydrogen) atoms. The Morgan fingerprint density at radius 2 is 2.11 bits per heavy atom. The zero-order valence-corrected chi connectivity index (χ0v) is 9.76. The van der Waals surface area contributed by atoms with Crippen LogP contribution in [0.1, 0.15) is 0 Å². The van der Waals surface area contributed by atoms with Crippen LogP contribution in [-0.4, -0.2) is 19.0 Å². The van der Waals surface area contributed by atoms with Crippen molar-refractivity contribution in [1.29, 1.82) is 0 Å². The van der Waals surface area contributed by atoms with Gasteiger partial charge < -0.3 is 24.4 Å². The van der Waals surface area contributed by atoms with Crippen molar-refractivity contribution in [2.75, 3.05) is 12.4 Å². The summed E-state index contributed by atoms with van der Waals surface area (Å²) >= 11 is 0. The number of carboxylic acid groups (broad SMARTS) is 1. The van der Waals surface area contributed by atoms with Crippen molar-refractivity contribution in [1.82, 2.24) is 0 Å². The molecule has 0 saturated heterocycles. The summed E-state index contributed by atoms with van der Waals surface area (Å²) in [6, 6.07) is 6.18. The minimum absolute atomic E-state index is 0.210. The lowest BCUT2D eigenvalue weighted by molar-refractivity contribution is -0.299. The Balaban J connectivity index is 2.54. The summed E-state index contributed by atoms with van der Waals surface area (Å²) in [6.45, 7) is 0. The van der Waals surface area contributed by atoms with Crippen molar-refractivity contribution in [2.45, 2.75) is 0 Å². The van der Waals surface area contributed by atoms with E-state index in [1.165, 1.54) is 13.2 Å².